The number of hydrogen-bond acceptors (Lipinski definition) is 4. The molecule has 0 atom stereocenters. The fourth-order valence-electron chi connectivity index (χ4n) is 1.95. The number of rotatable bonds is 8. The van der Waals surface area contributed by atoms with Crippen molar-refractivity contribution >= 4 is 39.8 Å². The van der Waals surface area contributed by atoms with Gasteiger partial charge in [0.1, 0.15) is 15.6 Å². The lowest BCUT2D eigenvalue weighted by Crippen LogP contribution is -2.39. The van der Waals surface area contributed by atoms with Crippen LogP contribution < -0.4 is 15.4 Å². The minimum absolute atomic E-state index is 0. The van der Waals surface area contributed by atoms with Crippen LogP contribution in [-0.2, 0) is 16.4 Å². The quantitative estimate of drug-likeness (QED) is 0.311. The molecule has 0 saturated heterocycles. The molecule has 156 valence electrons. The highest BCUT2D eigenvalue weighted by Crippen LogP contribution is 2.24. The van der Waals surface area contributed by atoms with Crippen molar-refractivity contribution in [2.24, 2.45) is 4.99 Å². The van der Waals surface area contributed by atoms with E-state index in [1.807, 2.05) is 6.92 Å². The summed E-state index contributed by atoms with van der Waals surface area (Å²) in [5.74, 6) is 0.443. The first-order valence-electron chi connectivity index (χ1n) is 7.99. The zero-order chi connectivity index (χ0) is 19.8. The Bertz CT molecular complexity index is 725. The van der Waals surface area contributed by atoms with Gasteiger partial charge in [0.15, 0.2) is 12.6 Å². The molecule has 0 spiro atoms. The number of aliphatic imine (C=N–C) groups is 1. The second kappa shape index (κ2) is 11.6. The third-order valence-corrected chi connectivity index (χ3v) is 4.08. The van der Waals surface area contributed by atoms with E-state index in [0.29, 0.717) is 18.1 Å². The van der Waals surface area contributed by atoms with Crippen LogP contribution in [0, 0.1) is 6.92 Å². The third-order valence-electron chi connectivity index (χ3n) is 3.13. The summed E-state index contributed by atoms with van der Waals surface area (Å²) in [6, 6.07) is 4.94. The van der Waals surface area contributed by atoms with Crippen LogP contribution in [0.15, 0.2) is 23.2 Å². The summed E-state index contributed by atoms with van der Waals surface area (Å²) in [6.45, 7) is 3.04. The average molecular weight is 523 g/mol. The van der Waals surface area contributed by atoms with Crippen LogP contribution >= 0.6 is 24.0 Å². The van der Waals surface area contributed by atoms with Gasteiger partial charge in [0.05, 0.1) is 12.3 Å². The van der Waals surface area contributed by atoms with Crippen molar-refractivity contribution in [3.8, 4) is 5.75 Å². The molecule has 0 aliphatic heterocycles. The number of alkyl halides is 3. The molecule has 27 heavy (non-hydrogen) atoms. The molecule has 0 aliphatic rings. The Morgan fingerprint density at radius 2 is 1.93 bits per heavy atom. The number of halogens is 4. The van der Waals surface area contributed by atoms with Gasteiger partial charge in [0.2, 0.25) is 0 Å². The predicted molar refractivity (Wildman–Crippen MR) is 111 cm³/mol. The standard InChI is InChI=1S/C16H24F3N3O3S.HI/c1-4-20-15(21-7-8-26(3,23)24)22-10-13-6-5-12(2)9-14(13)25-11-16(17,18)19;/h5-6,9H,4,7-8,10-11H2,1-3H3,(H2,20,21,22);1H. The summed E-state index contributed by atoms with van der Waals surface area (Å²) in [7, 11) is -3.11. The molecule has 11 heteroatoms. The van der Waals surface area contributed by atoms with Gasteiger partial charge in [-0.25, -0.2) is 13.4 Å². The van der Waals surface area contributed by atoms with E-state index in [9.17, 15) is 21.6 Å². The third kappa shape index (κ3) is 12.0. The van der Waals surface area contributed by atoms with E-state index in [-0.39, 0.29) is 48.6 Å². The van der Waals surface area contributed by atoms with Gasteiger partial charge >= 0.3 is 6.18 Å². The number of sulfone groups is 1. The number of guanidine groups is 1. The Hall–Kier alpha value is -1.24. The lowest BCUT2D eigenvalue weighted by Gasteiger charge is -2.14. The number of benzene rings is 1. The van der Waals surface area contributed by atoms with Crippen LogP contribution in [0.5, 0.6) is 5.75 Å². The highest BCUT2D eigenvalue weighted by atomic mass is 127. The maximum absolute atomic E-state index is 12.4. The fourth-order valence-corrected chi connectivity index (χ4v) is 2.42. The topological polar surface area (TPSA) is 79.8 Å². The molecule has 1 aromatic carbocycles. The normalized spacial score (nSPS) is 12.3. The number of aryl methyl sites for hydroxylation is 1. The molecule has 6 nitrogen and oxygen atoms in total. The molecular weight excluding hydrogens is 498 g/mol. The van der Waals surface area contributed by atoms with Gasteiger partial charge in [0.25, 0.3) is 0 Å². The smallest absolute Gasteiger partial charge is 0.422 e. The Morgan fingerprint density at radius 3 is 2.48 bits per heavy atom. The summed E-state index contributed by atoms with van der Waals surface area (Å²) in [6.07, 6.45) is -3.29. The van der Waals surface area contributed by atoms with E-state index >= 15 is 0 Å². The maximum atomic E-state index is 12.4. The van der Waals surface area contributed by atoms with Gasteiger partial charge in [-0.05, 0) is 25.5 Å². The molecule has 2 N–H and O–H groups in total. The van der Waals surface area contributed by atoms with E-state index in [2.05, 4.69) is 15.6 Å². The summed E-state index contributed by atoms with van der Waals surface area (Å²) < 4.78 is 64.4. The van der Waals surface area contributed by atoms with Crippen LogP contribution in [-0.4, -0.2) is 52.3 Å². The summed E-state index contributed by atoms with van der Waals surface area (Å²) in [5.41, 5.74) is 1.27. The first-order valence-corrected chi connectivity index (χ1v) is 10.0. The first kappa shape index (κ1) is 25.8. The number of ether oxygens (including phenoxy) is 1. The highest BCUT2D eigenvalue weighted by molar-refractivity contribution is 14.0. The number of hydrogen-bond donors (Lipinski definition) is 2. The van der Waals surface area contributed by atoms with Crippen molar-refractivity contribution in [2.75, 3.05) is 31.7 Å². The van der Waals surface area contributed by atoms with Crippen molar-refractivity contribution in [3.05, 3.63) is 29.3 Å². The number of nitrogens with zero attached hydrogens (tertiary/aromatic N) is 1. The van der Waals surface area contributed by atoms with Gasteiger partial charge in [-0.3, -0.25) is 0 Å². The number of nitrogens with one attached hydrogen (secondary N) is 2. The molecule has 1 rings (SSSR count). The van der Waals surface area contributed by atoms with Crippen molar-refractivity contribution in [1.82, 2.24) is 10.6 Å². The molecule has 0 aliphatic carbocycles. The van der Waals surface area contributed by atoms with Gasteiger partial charge in [-0.1, -0.05) is 12.1 Å². The minimum atomic E-state index is -4.42. The molecule has 0 saturated carbocycles. The van der Waals surface area contributed by atoms with Crippen molar-refractivity contribution in [2.45, 2.75) is 26.6 Å². The zero-order valence-electron chi connectivity index (χ0n) is 15.4. The molecule has 0 fully saturated rings. The van der Waals surface area contributed by atoms with E-state index < -0.39 is 22.6 Å². The molecule has 1 aromatic rings. The SMILES string of the molecule is CCNC(=NCc1ccc(C)cc1OCC(F)(F)F)NCCS(C)(=O)=O.I. The van der Waals surface area contributed by atoms with Crippen LogP contribution in [0.4, 0.5) is 13.2 Å². The molecular formula is C16H25F3IN3O3S. The Labute approximate surface area is 174 Å². The van der Waals surface area contributed by atoms with Crippen LogP contribution in [0.1, 0.15) is 18.1 Å². The molecule has 0 radical (unpaired) electrons. The van der Waals surface area contributed by atoms with Gasteiger partial charge in [-0.2, -0.15) is 13.2 Å². The average Bonchev–Trinajstić information content (AvgIpc) is 2.49. The zero-order valence-corrected chi connectivity index (χ0v) is 18.5. The van der Waals surface area contributed by atoms with Crippen LogP contribution in [0.2, 0.25) is 0 Å². The Kier molecular flexibility index (Phi) is 11.0. The monoisotopic (exact) mass is 523 g/mol. The second-order valence-electron chi connectivity index (χ2n) is 5.77. The summed E-state index contributed by atoms with van der Waals surface area (Å²) in [5, 5.41) is 5.82. The van der Waals surface area contributed by atoms with Crippen molar-refractivity contribution < 1.29 is 26.3 Å². The Morgan fingerprint density at radius 1 is 1.26 bits per heavy atom. The summed E-state index contributed by atoms with van der Waals surface area (Å²) in [4.78, 5) is 4.28. The predicted octanol–water partition coefficient (Wildman–Crippen LogP) is 2.65. The van der Waals surface area contributed by atoms with Gasteiger partial charge in [0, 0.05) is 24.9 Å². The van der Waals surface area contributed by atoms with Crippen molar-refractivity contribution in [3.63, 3.8) is 0 Å². The van der Waals surface area contributed by atoms with E-state index in [1.54, 1.807) is 19.1 Å². The Balaban J connectivity index is 0.00000676. The fraction of sp³-hybridized carbons (Fsp3) is 0.562. The largest absolute Gasteiger partial charge is 0.484 e. The van der Waals surface area contributed by atoms with E-state index in [4.69, 9.17) is 4.74 Å². The first-order chi connectivity index (χ1) is 12.0. The lowest BCUT2D eigenvalue weighted by molar-refractivity contribution is -0.153. The second-order valence-corrected chi connectivity index (χ2v) is 8.03. The highest BCUT2D eigenvalue weighted by Gasteiger charge is 2.28. The molecule has 0 heterocycles. The van der Waals surface area contributed by atoms with E-state index in [0.717, 1.165) is 11.8 Å². The minimum Gasteiger partial charge on any atom is -0.484 e. The lowest BCUT2D eigenvalue weighted by atomic mass is 10.1. The van der Waals surface area contributed by atoms with Gasteiger partial charge in [-0.15, -0.1) is 24.0 Å². The summed E-state index contributed by atoms with van der Waals surface area (Å²) >= 11 is 0. The van der Waals surface area contributed by atoms with Gasteiger partial charge < -0.3 is 15.4 Å². The van der Waals surface area contributed by atoms with E-state index in [1.165, 1.54) is 6.07 Å². The van der Waals surface area contributed by atoms with Crippen molar-refractivity contribution in [1.29, 1.82) is 0 Å². The maximum Gasteiger partial charge on any atom is 0.422 e. The molecule has 0 unspecified atom stereocenters. The van der Waals surface area contributed by atoms with Crippen LogP contribution in [0.3, 0.4) is 0 Å². The molecule has 0 bridgehead atoms. The molecule has 0 amide bonds. The van der Waals surface area contributed by atoms with Crippen LogP contribution in [0.25, 0.3) is 0 Å². The molecule has 0 aromatic heterocycles.